The number of methoxy groups -OCH3 is 1. The van der Waals surface area contributed by atoms with Crippen LogP contribution in [0.3, 0.4) is 0 Å². The van der Waals surface area contributed by atoms with Crippen molar-refractivity contribution in [2.75, 3.05) is 25.6 Å². The molecule has 6 nitrogen and oxygen atoms in total. The maximum atomic E-state index is 11.7. The molecular formula is C17H17N3O3. The minimum absolute atomic E-state index is 0.345. The molecule has 0 aliphatic carbocycles. The van der Waals surface area contributed by atoms with E-state index < -0.39 is 0 Å². The standard InChI is InChI=1S/C17H17N3O3/c1-22-15-5-7-16(8-6-15)23-10-9-19-17(21)20-14-4-2-3-13(11-14)12-18/h2-8,11H,9-10H2,1H3,(H2,19,20,21). The van der Waals surface area contributed by atoms with Gasteiger partial charge in [-0.1, -0.05) is 6.07 Å². The second kappa shape index (κ2) is 8.29. The van der Waals surface area contributed by atoms with Crippen LogP contribution < -0.4 is 20.1 Å². The molecule has 0 radical (unpaired) electrons. The van der Waals surface area contributed by atoms with Gasteiger partial charge in [-0.15, -0.1) is 0 Å². The first-order chi connectivity index (χ1) is 11.2. The molecule has 0 bridgehead atoms. The zero-order chi connectivity index (χ0) is 16.5. The number of anilines is 1. The smallest absolute Gasteiger partial charge is 0.319 e. The number of nitriles is 1. The molecule has 0 heterocycles. The molecule has 2 amide bonds. The zero-order valence-electron chi connectivity index (χ0n) is 12.7. The third kappa shape index (κ3) is 5.25. The van der Waals surface area contributed by atoms with Gasteiger partial charge in [0.2, 0.25) is 0 Å². The Labute approximate surface area is 134 Å². The summed E-state index contributed by atoms with van der Waals surface area (Å²) >= 11 is 0. The number of hydrogen-bond acceptors (Lipinski definition) is 4. The summed E-state index contributed by atoms with van der Waals surface area (Å²) in [5, 5.41) is 14.1. The van der Waals surface area contributed by atoms with Crippen molar-refractivity contribution >= 4 is 11.7 Å². The molecule has 2 aromatic rings. The van der Waals surface area contributed by atoms with Gasteiger partial charge in [-0.05, 0) is 42.5 Å². The Kier molecular flexibility index (Phi) is 5.83. The average Bonchev–Trinajstić information content (AvgIpc) is 2.59. The molecule has 2 N–H and O–H groups in total. The highest BCUT2D eigenvalue weighted by molar-refractivity contribution is 5.89. The van der Waals surface area contributed by atoms with Crippen LogP contribution in [0.5, 0.6) is 11.5 Å². The Balaban J connectivity index is 1.71. The second-order valence-electron chi connectivity index (χ2n) is 4.60. The molecule has 0 saturated carbocycles. The van der Waals surface area contributed by atoms with Gasteiger partial charge >= 0.3 is 6.03 Å². The van der Waals surface area contributed by atoms with Crippen molar-refractivity contribution in [3.05, 3.63) is 54.1 Å². The van der Waals surface area contributed by atoms with Gasteiger partial charge in [0.1, 0.15) is 18.1 Å². The number of ether oxygens (including phenoxy) is 2. The van der Waals surface area contributed by atoms with Gasteiger partial charge in [0, 0.05) is 5.69 Å². The average molecular weight is 311 g/mol. The molecule has 2 aromatic carbocycles. The molecule has 0 aliphatic rings. The number of carbonyl (C=O) groups excluding carboxylic acids is 1. The fraction of sp³-hybridized carbons (Fsp3) is 0.176. The van der Waals surface area contributed by atoms with Crippen molar-refractivity contribution in [1.29, 1.82) is 5.26 Å². The Morgan fingerprint density at radius 2 is 1.91 bits per heavy atom. The van der Waals surface area contributed by atoms with Crippen molar-refractivity contribution in [1.82, 2.24) is 5.32 Å². The molecular weight excluding hydrogens is 294 g/mol. The summed E-state index contributed by atoms with van der Waals surface area (Å²) in [4.78, 5) is 11.7. The van der Waals surface area contributed by atoms with E-state index in [4.69, 9.17) is 14.7 Å². The molecule has 118 valence electrons. The number of benzene rings is 2. The minimum atomic E-state index is -0.349. The number of carbonyl (C=O) groups is 1. The Bertz CT molecular complexity index is 693. The minimum Gasteiger partial charge on any atom is -0.497 e. The number of rotatable bonds is 6. The van der Waals surface area contributed by atoms with Gasteiger partial charge in [-0.2, -0.15) is 5.26 Å². The summed E-state index contributed by atoms with van der Waals surface area (Å²) in [6, 6.07) is 15.6. The van der Waals surface area contributed by atoms with Gasteiger partial charge in [0.25, 0.3) is 0 Å². The second-order valence-corrected chi connectivity index (χ2v) is 4.60. The van der Waals surface area contributed by atoms with Gasteiger partial charge in [0.05, 0.1) is 25.3 Å². The number of hydrogen-bond donors (Lipinski definition) is 2. The molecule has 0 aromatic heterocycles. The highest BCUT2D eigenvalue weighted by Gasteiger charge is 2.02. The molecule has 0 spiro atoms. The lowest BCUT2D eigenvalue weighted by Gasteiger charge is -2.09. The molecule has 0 unspecified atom stereocenters. The number of nitrogens with one attached hydrogen (secondary N) is 2. The number of urea groups is 1. The van der Waals surface area contributed by atoms with E-state index in [2.05, 4.69) is 10.6 Å². The van der Waals surface area contributed by atoms with E-state index in [-0.39, 0.29) is 6.03 Å². The predicted molar refractivity (Wildman–Crippen MR) is 86.7 cm³/mol. The van der Waals surface area contributed by atoms with Gasteiger partial charge in [-0.25, -0.2) is 4.79 Å². The normalized spacial score (nSPS) is 9.57. The molecule has 2 rings (SSSR count). The first-order valence-corrected chi connectivity index (χ1v) is 7.03. The SMILES string of the molecule is COc1ccc(OCCNC(=O)Nc2cccc(C#N)c2)cc1. The van der Waals surface area contributed by atoms with E-state index in [1.54, 1.807) is 55.6 Å². The van der Waals surface area contributed by atoms with Crippen LogP contribution in [-0.4, -0.2) is 26.3 Å². The highest BCUT2D eigenvalue weighted by atomic mass is 16.5. The van der Waals surface area contributed by atoms with Crippen LogP contribution in [0.4, 0.5) is 10.5 Å². The van der Waals surface area contributed by atoms with E-state index in [0.29, 0.717) is 30.2 Å². The van der Waals surface area contributed by atoms with Crippen LogP contribution in [0.25, 0.3) is 0 Å². The van der Waals surface area contributed by atoms with Crippen LogP contribution in [-0.2, 0) is 0 Å². The van der Waals surface area contributed by atoms with Gasteiger partial charge in [-0.3, -0.25) is 0 Å². The zero-order valence-corrected chi connectivity index (χ0v) is 12.7. The quantitative estimate of drug-likeness (QED) is 0.804. The van der Waals surface area contributed by atoms with Crippen LogP contribution in [0, 0.1) is 11.3 Å². The Hall–Kier alpha value is -3.20. The van der Waals surface area contributed by atoms with Crippen molar-refractivity contribution in [3.8, 4) is 17.6 Å². The first kappa shape index (κ1) is 16.2. The highest BCUT2D eigenvalue weighted by Crippen LogP contribution is 2.16. The van der Waals surface area contributed by atoms with E-state index in [1.807, 2.05) is 6.07 Å². The van der Waals surface area contributed by atoms with Crippen LogP contribution >= 0.6 is 0 Å². The van der Waals surface area contributed by atoms with Gasteiger partial charge in [0.15, 0.2) is 0 Å². The molecule has 0 fully saturated rings. The summed E-state index contributed by atoms with van der Waals surface area (Å²) in [7, 11) is 1.60. The van der Waals surface area contributed by atoms with Crippen LogP contribution in [0.2, 0.25) is 0 Å². The summed E-state index contributed by atoms with van der Waals surface area (Å²) < 4.78 is 10.6. The lowest BCUT2D eigenvalue weighted by molar-refractivity contribution is 0.247. The Morgan fingerprint density at radius 3 is 2.61 bits per heavy atom. The lowest BCUT2D eigenvalue weighted by Crippen LogP contribution is -2.32. The summed E-state index contributed by atoms with van der Waals surface area (Å²) in [5.41, 5.74) is 1.06. The number of amides is 2. The maximum absolute atomic E-state index is 11.7. The lowest BCUT2D eigenvalue weighted by atomic mass is 10.2. The number of nitrogens with zero attached hydrogens (tertiary/aromatic N) is 1. The molecule has 0 atom stereocenters. The molecule has 0 aliphatic heterocycles. The Morgan fingerprint density at radius 1 is 1.17 bits per heavy atom. The molecule has 6 heteroatoms. The van der Waals surface area contributed by atoms with Crippen LogP contribution in [0.1, 0.15) is 5.56 Å². The van der Waals surface area contributed by atoms with E-state index in [1.165, 1.54) is 0 Å². The first-order valence-electron chi connectivity index (χ1n) is 7.03. The van der Waals surface area contributed by atoms with Crippen molar-refractivity contribution in [3.63, 3.8) is 0 Å². The summed E-state index contributed by atoms with van der Waals surface area (Å²) in [6.07, 6.45) is 0. The molecule has 23 heavy (non-hydrogen) atoms. The summed E-state index contributed by atoms with van der Waals surface area (Å²) in [6.45, 7) is 0.702. The largest absolute Gasteiger partial charge is 0.497 e. The third-order valence-electron chi connectivity index (χ3n) is 2.97. The fourth-order valence-electron chi connectivity index (χ4n) is 1.85. The van der Waals surface area contributed by atoms with Gasteiger partial charge < -0.3 is 20.1 Å². The van der Waals surface area contributed by atoms with E-state index in [0.717, 1.165) is 5.75 Å². The molecule has 0 saturated heterocycles. The van der Waals surface area contributed by atoms with Crippen molar-refractivity contribution in [2.45, 2.75) is 0 Å². The van der Waals surface area contributed by atoms with E-state index >= 15 is 0 Å². The predicted octanol–water partition coefficient (Wildman–Crippen LogP) is 2.77. The monoisotopic (exact) mass is 311 g/mol. The third-order valence-corrected chi connectivity index (χ3v) is 2.97. The van der Waals surface area contributed by atoms with Crippen molar-refractivity contribution in [2.24, 2.45) is 0 Å². The van der Waals surface area contributed by atoms with Crippen molar-refractivity contribution < 1.29 is 14.3 Å². The fourth-order valence-corrected chi connectivity index (χ4v) is 1.85. The topological polar surface area (TPSA) is 83.4 Å². The maximum Gasteiger partial charge on any atom is 0.319 e. The summed E-state index contributed by atoms with van der Waals surface area (Å²) in [5.74, 6) is 1.46. The van der Waals surface area contributed by atoms with E-state index in [9.17, 15) is 4.79 Å². The van der Waals surface area contributed by atoms with Crippen LogP contribution in [0.15, 0.2) is 48.5 Å².